The number of carboxylic acids is 1. The molecule has 136 valence electrons. The van der Waals surface area contributed by atoms with Crippen molar-refractivity contribution in [2.24, 2.45) is 4.99 Å². The Morgan fingerprint density at radius 2 is 1.46 bits per heavy atom. The van der Waals surface area contributed by atoms with Gasteiger partial charge in [0.15, 0.2) is 0 Å². The highest BCUT2D eigenvalue weighted by Crippen LogP contribution is 2.28. The smallest absolute Gasteiger partial charge is 0.282 e. The van der Waals surface area contributed by atoms with E-state index < -0.39 is 5.97 Å². The standard InChI is InChI=1S/C23H16N2O3/c26-22-20(15-16-7-3-1-4-8-16)24-21(17-9-5-2-6-10-17)25(22)19-13-11-18(12-14-19)23(27)28/h1-15H,(H,27,28)/p-1/b20-15-. The van der Waals surface area contributed by atoms with E-state index in [1.807, 2.05) is 60.7 Å². The van der Waals surface area contributed by atoms with Crippen LogP contribution >= 0.6 is 0 Å². The zero-order valence-corrected chi connectivity index (χ0v) is 14.8. The second-order valence-corrected chi connectivity index (χ2v) is 6.22. The van der Waals surface area contributed by atoms with Gasteiger partial charge in [0.05, 0.1) is 11.7 Å². The van der Waals surface area contributed by atoms with Gasteiger partial charge in [-0.25, -0.2) is 4.99 Å². The number of rotatable bonds is 4. The van der Waals surface area contributed by atoms with Gasteiger partial charge in [0.2, 0.25) is 0 Å². The predicted octanol–water partition coefficient (Wildman–Crippen LogP) is 2.88. The van der Waals surface area contributed by atoms with E-state index >= 15 is 0 Å². The number of anilines is 1. The van der Waals surface area contributed by atoms with Gasteiger partial charge in [0.25, 0.3) is 5.91 Å². The summed E-state index contributed by atoms with van der Waals surface area (Å²) in [7, 11) is 0. The molecule has 0 saturated carbocycles. The van der Waals surface area contributed by atoms with Crippen LogP contribution in [0, 0.1) is 0 Å². The fourth-order valence-electron chi connectivity index (χ4n) is 2.99. The van der Waals surface area contributed by atoms with Crippen LogP contribution in [0.1, 0.15) is 21.5 Å². The van der Waals surface area contributed by atoms with E-state index in [-0.39, 0.29) is 11.5 Å². The molecule has 0 aliphatic carbocycles. The van der Waals surface area contributed by atoms with E-state index in [4.69, 9.17) is 0 Å². The summed E-state index contributed by atoms with van der Waals surface area (Å²) in [4.78, 5) is 30.2. The van der Waals surface area contributed by atoms with Crippen LogP contribution in [-0.2, 0) is 4.79 Å². The van der Waals surface area contributed by atoms with Gasteiger partial charge < -0.3 is 9.90 Å². The second-order valence-electron chi connectivity index (χ2n) is 6.22. The molecule has 5 heteroatoms. The van der Waals surface area contributed by atoms with Gasteiger partial charge in [-0.15, -0.1) is 0 Å². The van der Waals surface area contributed by atoms with Gasteiger partial charge in [-0.2, -0.15) is 0 Å². The van der Waals surface area contributed by atoms with Crippen molar-refractivity contribution in [3.63, 3.8) is 0 Å². The fourth-order valence-corrected chi connectivity index (χ4v) is 2.99. The lowest BCUT2D eigenvalue weighted by Crippen LogP contribution is -2.32. The monoisotopic (exact) mass is 367 g/mol. The number of hydrogen-bond acceptors (Lipinski definition) is 4. The lowest BCUT2D eigenvalue weighted by Gasteiger charge is -2.19. The first-order valence-corrected chi connectivity index (χ1v) is 8.70. The van der Waals surface area contributed by atoms with Crippen LogP contribution in [0.25, 0.3) is 6.08 Å². The van der Waals surface area contributed by atoms with Crippen molar-refractivity contribution in [1.82, 2.24) is 0 Å². The van der Waals surface area contributed by atoms with Gasteiger partial charge in [-0.05, 0) is 29.3 Å². The zero-order valence-electron chi connectivity index (χ0n) is 14.8. The molecule has 1 aliphatic heterocycles. The average molecular weight is 367 g/mol. The Kier molecular flexibility index (Phi) is 4.56. The number of benzene rings is 3. The molecule has 0 saturated heterocycles. The number of hydrogen-bond donors (Lipinski definition) is 0. The van der Waals surface area contributed by atoms with Gasteiger partial charge in [0.1, 0.15) is 11.5 Å². The van der Waals surface area contributed by atoms with Crippen molar-refractivity contribution >= 4 is 29.5 Å². The topological polar surface area (TPSA) is 72.8 Å². The number of aliphatic imine (C=N–C) groups is 1. The number of amides is 1. The van der Waals surface area contributed by atoms with Crippen LogP contribution in [0.15, 0.2) is 95.6 Å². The SMILES string of the molecule is O=C([O-])c1ccc(N2C(=O)/C(=C/c3ccccc3)N=C2c2ccccc2)cc1. The number of carbonyl (C=O) groups excluding carboxylic acids is 2. The summed E-state index contributed by atoms with van der Waals surface area (Å²) in [6.45, 7) is 0. The molecule has 1 aliphatic rings. The highest BCUT2D eigenvalue weighted by molar-refractivity contribution is 6.33. The first kappa shape index (κ1) is 17.4. The summed E-state index contributed by atoms with van der Waals surface area (Å²) >= 11 is 0. The molecular weight excluding hydrogens is 352 g/mol. The molecule has 1 amide bonds. The molecule has 0 atom stereocenters. The number of nitrogens with zero attached hydrogens (tertiary/aromatic N) is 2. The molecule has 28 heavy (non-hydrogen) atoms. The van der Waals surface area contributed by atoms with Crippen LogP contribution in [0.3, 0.4) is 0 Å². The molecule has 3 aromatic rings. The van der Waals surface area contributed by atoms with Crippen molar-refractivity contribution < 1.29 is 14.7 Å². The highest BCUT2D eigenvalue weighted by atomic mass is 16.4. The van der Waals surface area contributed by atoms with Crippen LogP contribution in [0.4, 0.5) is 5.69 Å². The first-order valence-electron chi connectivity index (χ1n) is 8.70. The predicted molar refractivity (Wildman–Crippen MR) is 106 cm³/mol. The molecule has 0 radical (unpaired) electrons. The molecule has 4 rings (SSSR count). The Hall–Kier alpha value is -3.99. The zero-order chi connectivity index (χ0) is 19.5. The summed E-state index contributed by atoms with van der Waals surface area (Å²) in [5.74, 6) is -1.04. The van der Waals surface area contributed by atoms with E-state index in [1.165, 1.54) is 17.0 Å². The van der Waals surface area contributed by atoms with Crippen molar-refractivity contribution in [3.8, 4) is 0 Å². The highest BCUT2D eigenvalue weighted by Gasteiger charge is 2.32. The molecule has 5 nitrogen and oxygen atoms in total. The third-order valence-corrected chi connectivity index (χ3v) is 4.36. The molecule has 0 N–H and O–H groups in total. The van der Waals surface area contributed by atoms with Gasteiger partial charge >= 0.3 is 0 Å². The molecule has 0 unspecified atom stereocenters. The lowest BCUT2D eigenvalue weighted by molar-refractivity contribution is -0.255. The average Bonchev–Trinajstić information content (AvgIpc) is 3.05. The maximum Gasteiger partial charge on any atom is 0.282 e. The Labute approximate surface area is 161 Å². The summed E-state index contributed by atoms with van der Waals surface area (Å²) in [5, 5.41) is 11.0. The minimum atomic E-state index is -1.26. The maximum atomic E-state index is 13.1. The van der Waals surface area contributed by atoms with Crippen molar-refractivity contribution in [2.75, 3.05) is 4.90 Å². The Bertz CT molecular complexity index is 1090. The lowest BCUT2D eigenvalue weighted by atomic mass is 10.1. The summed E-state index contributed by atoms with van der Waals surface area (Å²) in [6.07, 6.45) is 1.74. The van der Waals surface area contributed by atoms with E-state index in [0.29, 0.717) is 17.2 Å². The van der Waals surface area contributed by atoms with Gasteiger partial charge in [0, 0.05) is 5.56 Å². The number of amidine groups is 1. The third kappa shape index (κ3) is 3.33. The van der Waals surface area contributed by atoms with Crippen LogP contribution < -0.4 is 10.0 Å². The minimum Gasteiger partial charge on any atom is -0.545 e. The molecular formula is C23H15N2O3-. The van der Waals surface area contributed by atoms with E-state index in [2.05, 4.69) is 4.99 Å². The maximum absolute atomic E-state index is 13.1. The molecule has 1 heterocycles. The van der Waals surface area contributed by atoms with Crippen LogP contribution in [-0.4, -0.2) is 17.7 Å². The molecule has 0 bridgehead atoms. The van der Waals surface area contributed by atoms with Crippen molar-refractivity contribution in [3.05, 3.63) is 107 Å². The Morgan fingerprint density at radius 1 is 0.857 bits per heavy atom. The molecule has 0 fully saturated rings. The Balaban J connectivity index is 1.80. The first-order chi connectivity index (χ1) is 13.6. The summed E-state index contributed by atoms with van der Waals surface area (Å²) in [6, 6.07) is 24.9. The number of carbonyl (C=O) groups is 2. The largest absolute Gasteiger partial charge is 0.545 e. The summed E-state index contributed by atoms with van der Waals surface area (Å²) < 4.78 is 0. The van der Waals surface area contributed by atoms with E-state index in [0.717, 1.165) is 11.1 Å². The fraction of sp³-hybridized carbons (Fsp3) is 0. The number of aromatic carboxylic acids is 1. The van der Waals surface area contributed by atoms with Gasteiger partial charge in [-0.3, -0.25) is 9.69 Å². The second kappa shape index (κ2) is 7.32. The third-order valence-electron chi connectivity index (χ3n) is 4.36. The summed E-state index contributed by atoms with van der Waals surface area (Å²) in [5.41, 5.74) is 2.56. The Morgan fingerprint density at radius 3 is 2.07 bits per heavy atom. The van der Waals surface area contributed by atoms with Crippen LogP contribution in [0.2, 0.25) is 0 Å². The van der Waals surface area contributed by atoms with Crippen LogP contribution in [0.5, 0.6) is 0 Å². The van der Waals surface area contributed by atoms with Crippen molar-refractivity contribution in [2.45, 2.75) is 0 Å². The minimum absolute atomic E-state index is 0.0497. The quantitative estimate of drug-likeness (QED) is 0.666. The van der Waals surface area contributed by atoms with E-state index in [9.17, 15) is 14.7 Å². The molecule has 3 aromatic carbocycles. The molecule has 0 spiro atoms. The molecule has 0 aromatic heterocycles. The van der Waals surface area contributed by atoms with Gasteiger partial charge in [-0.1, -0.05) is 72.8 Å². The number of carboxylic acid groups (broad SMARTS) is 1. The van der Waals surface area contributed by atoms with E-state index in [1.54, 1.807) is 18.2 Å². The normalized spacial score (nSPS) is 15.0. The van der Waals surface area contributed by atoms with Crippen molar-refractivity contribution in [1.29, 1.82) is 0 Å².